The van der Waals surface area contributed by atoms with Gasteiger partial charge in [-0.25, -0.2) is 14.7 Å². The Bertz CT molecular complexity index is 1260. The SMILES string of the molecule is CC1(CO[Si](c2ccccc2)(c2ccccc2)C(C)(C)C)COC(=O)N1c1cc(Cl)nc(N2CCOCC2)n1. The van der Waals surface area contributed by atoms with E-state index in [1.165, 1.54) is 10.4 Å². The number of hydrogen-bond donors (Lipinski definition) is 0. The van der Waals surface area contributed by atoms with Gasteiger partial charge in [-0.1, -0.05) is 93.0 Å². The number of hydrogen-bond acceptors (Lipinski definition) is 7. The van der Waals surface area contributed by atoms with Crippen LogP contribution in [0.25, 0.3) is 0 Å². The van der Waals surface area contributed by atoms with Crippen LogP contribution in [0.2, 0.25) is 10.2 Å². The van der Waals surface area contributed by atoms with Crippen molar-refractivity contribution in [3.63, 3.8) is 0 Å². The molecule has 0 N–H and O–H groups in total. The molecule has 1 aromatic heterocycles. The highest BCUT2D eigenvalue weighted by molar-refractivity contribution is 6.99. The Hall–Kier alpha value is -2.98. The van der Waals surface area contributed by atoms with Gasteiger partial charge in [-0.05, 0) is 22.3 Å². The summed E-state index contributed by atoms with van der Waals surface area (Å²) in [4.78, 5) is 25.9. The zero-order valence-electron chi connectivity index (χ0n) is 22.9. The van der Waals surface area contributed by atoms with Crippen molar-refractivity contribution in [2.45, 2.75) is 38.3 Å². The number of aromatic nitrogens is 2. The molecule has 0 saturated carbocycles. The first kappa shape index (κ1) is 27.6. The Balaban J connectivity index is 1.53. The smallest absolute Gasteiger partial charge is 0.416 e. The summed E-state index contributed by atoms with van der Waals surface area (Å²) in [5.41, 5.74) is -0.815. The van der Waals surface area contributed by atoms with Crippen LogP contribution in [0.15, 0.2) is 66.7 Å². The van der Waals surface area contributed by atoms with E-state index in [4.69, 9.17) is 30.5 Å². The molecule has 8 nitrogen and oxygen atoms in total. The summed E-state index contributed by atoms with van der Waals surface area (Å²) in [6, 6.07) is 22.5. The lowest BCUT2D eigenvalue weighted by Crippen LogP contribution is -2.68. The third kappa shape index (κ3) is 5.28. The molecule has 0 spiro atoms. The number of halogens is 1. The van der Waals surface area contributed by atoms with Gasteiger partial charge in [0.2, 0.25) is 5.95 Å². The van der Waals surface area contributed by atoms with Gasteiger partial charge in [0, 0.05) is 19.2 Å². The molecule has 2 aromatic carbocycles. The molecule has 1 atom stereocenters. The van der Waals surface area contributed by atoms with Gasteiger partial charge in [-0.15, -0.1) is 0 Å². The van der Waals surface area contributed by atoms with Crippen LogP contribution in [0.4, 0.5) is 16.6 Å². The molecule has 2 aliphatic heterocycles. The Morgan fingerprint density at radius 1 is 1.00 bits per heavy atom. The maximum Gasteiger partial charge on any atom is 0.416 e. The standard InChI is InChI=1S/C29H35ClN4O4Si/c1-28(2,3)39(22-11-7-5-8-12-22,23-13-9-6-10-14-23)38-21-29(4)20-37-27(35)34(29)25-19-24(30)31-26(32-25)33-15-17-36-18-16-33/h5-14,19H,15-18,20-21H2,1-4H3. The van der Waals surface area contributed by atoms with E-state index >= 15 is 0 Å². The van der Waals surface area contributed by atoms with E-state index in [-0.39, 0.29) is 23.4 Å². The Labute approximate surface area is 236 Å². The normalized spacial score (nSPS) is 20.3. The van der Waals surface area contributed by atoms with E-state index in [1.54, 1.807) is 11.0 Å². The first-order chi connectivity index (χ1) is 18.6. The first-order valence-corrected chi connectivity index (χ1v) is 15.5. The molecule has 10 heteroatoms. The van der Waals surface area contributed by atoms with Crippen molar-refractivity contribution >= 4 is 48.2 Å². The van der Waals surface area contributed by atoms with Crippen molar-refractivity contribution in [3.8, 4) is 0 Å². The molecule has 2 fully saturated rings. The zero-order chi connectivity index (χ0) is 27.7. The van der Waals surface area contributed by atoms with Crippen LogP contribution in [-0.2, 0) is 13.9 Å². The molecule has 0 aliphatic carbocycles. The Kier molecular flexibility index (Phi) is 7.70. The lowest BCUT2D eigenvalue weighted by molar-refractivity contribution is 0.122. The average Bonchev–Trinajstić information content (AvgIpc) is 3.23. The van der Waals surface area contributed by atoms with Gasteiger partial charge < -0.3 is 18.8 Å². The number of rotatable bonds is 7. The predicted octanol–water partition coefficient (Wildman–Crippen LogP) is 4.26. The zero-order valence-corrected chi connectivity index (χ0v) is 24.6. The molecule has 206 valence electrons. The summed E-state index contributed by atoms with van der Waals surface area (Å²) < 4.78 is 18.3. The molecule has 3 aromatic rings. The van der Waals surface area contributed by atoms with Crippen LogP contribution in [0.5, 0.6) is 0 Å². The number of nitrogens with zero attached hydrogens (tertiary/aromatic N) is 4. The molecule has 1 amide bonds. The van der Waals surface area contributed by atoms with Gasteiger partial charge in [-0.3, -0.25) is 0 Å². The maximum absolute atomic E-state index is 13.2. The number of ether oxygens (including phenoxy) is 2. The number of carbonyl (C=O) groups is 1. The molecule has 2 saturated heterocycles. The van der Waals surface area contributed by atoms with E-state index < -0.39 is 19.9 Å². The van der Waals surface area contributed by atoms with E-state index in [9.17, 15) is 4.79 Å². The minimum atomic E-state index is -2.84. The van der Waals surface area contributed by atoms with Crippen LogP contribution in [0, 0.1) is 0 Å². The molecule has 2 aliphatic rings. The highest BCUT2D eigenvalue weighted by Gasteiger charge is 2.53. The van der Waals surface area contributed by atoms with Gasteiger partial charge in [0.15, 0.2) is 0 Å². The van der Waals surface area contributed by atoms with Gasteiger partial charge >= 0.3 is 6.09 Å². The highest BCUT2D eigenvalue weighted by Crippen LogP contribution is 2.39. The number of amides is 1. The predicted molar refractivity (Wildman–Crippen MR) is 156 cm³/mol. The fraction of sp³-hybridized carbons (Fsp3) is 0.414. The Morgan fingerprint density at radius 3 is 2.15 bits per heavy atom. The van der Waals surface area contributed by atoms with Crippen molar-refractivity contribution in [3.05, 3.63) is 71.9 Å². The summed E-state index contributed by atoms with van der Waals surface area (Å²) in [6.07, 6.45) is -0.480. The second-order valence-corrected chi connectivity index (χ2v) is 16.0. The molecule has 1 unspecified atom stereocenters. The van der Waals surface area contributed by atoms with Gasteiger partial charge in [0.1, 0.15) is 23.1 Å². The molecular weight excluding hydrogens is 532 g/mol. The number of benzene rings is 2. The summed E-state index contributed by atoms with van der Waals surface area (Å²) >= 11 is 6.45. The topological polar surface area (TPSA) is 77.0 Å². The lowest BCUT2D eigenvalue weighted by atomic mass is 10.0. The van der Waals surface area contributed by atoms with E-state index in [0.717, 1.165) is 0 Å². The second-order valence-electron chi connectivity index (χ2n) is 11.3. The minimum absolute atomic E-state index is 0.165. The number of morpholine rings is 1. The van der Waals surface area contributed by atoms with Crippen LogP contribution in [0.1, 0.15) is 27.7 Å². The summed E-state index contributed by atoms with van der Waals surface area (Å²) in [5.74, 6) is 0.864. The van der Waals surface area contributed by atoms with Crippen molar-refractivity contribution in [2.24, 2.45) is 0 Å². The van der Waals surface area contributed by atoms with Gasteiger partial charge in [-0.2, -0.15) is 4.98 Å². The monoisotopic (exact) mass is 566 g/mol. The molecular formula is C29H35ClN4O4Si. The second kappa shape index (κ2) is 10.9. The first-order valence-electron chi connectivity index (χ1n) is 13.2. The fourth-order valence-electron chi connectivity index (χ4n) is 5.48. The number of anilines is 2. The minimum Gasteiger partial charge on any atom is -0.447 e. The maximum atomic E-state index is 13.2. The number of carbonyl (C=O) groups excluding carboxylic acids is 1. The molecule has 39 heavy (non-hydrogen) atoms. The quantitative estimate of drug-likeness (QED) is 0.312. The van der Waals surface area contributed by atoms with Crippen molar-refractivity contribution in [1.29, 1.82) is 0 Å². The van der Waals surface area contributed by atoms with Gasteiger partial charge in [0.25, 0.3) is 8.32 Å². The largest absolute Gasteiger partial charge is 0.447 e. The molecule has 0 bridgehead atoms. The van der Waals surface area contributed by atoms with Crippen molar-refractivity contribution in [2.75, 3.05) is 49.3 Å². The third-order valence-corrected chi connectivity index (χ3v) is 12.6. The third-order valence-electron chi connectivity index (χ3n) is 7.44. The van der Waals surface area contributed by atoms with Gasteiger partial charge in [0.05, 0.1) is 19.8 Å². The summed E-state index contributed by atoms with van der Waals surface area (Å²) in [5, 5.41) is 2.39. The van der Waals surface area contributed by atoms with E-state index in [2.05, 4.69) is 74.3 Å². The molecule has 0 radical (unpaired) electrons. The highest BCUT2D eigenvalue weighted by atomic mass is 35.5. The summed E-state index contributed by atoms with van der Waals surface area (Å²) in [6.45, 7) is 11.6. The Morgan fingerprint density at radius 2 is 1.59 bits per heavy atom. The van der Waals surface area contributed by atoms with Crippen LogP contribution >= 0.6 is 11.6 Å². The molecule has 5 rings (SSSR count). The van der Waals surface area contributed by atoms with Crippen LogP contribution in [0.3, 0.4) is 0 Å². The number of cyclic esters (lactones) is 1. The van der Waals surface area contributed by atoms with Crippen LogP contribution < -0.4 is 20.2 Å². The van der Waals surface area contributed by atoms with Crippen molar-refractivity contribution < 1.29 is 18.7 Å². The van der Waals surface area contributed by atoms with Crippen molar-refractivity contribution in [1.82, 2.24) is 9.97 Å². The molecule has 3 heterocycles. The average molecular weight is 567 g/mol. The van der Waals surface area contributed by atoms with E-state index in [0.29, 0.717) is 38.1 Å². The van der Waals surface area contributed by atoms with E-state index in [1.807, 2.05) is 24.0 Å². The van der Waals surface area contributed by atoms with Crippen LogP contribution in [-0.4, -0.2) is 69.4 Å². The summed E-state index contributed by atoms with van der Waals surface area (Å²) in [7, 11) is -2.84. The lowest BCUT2D eigenvalue weighted by Gasteiger charge is -2.45. The fourth-order valence-corrected chi connectivity index (χ4v) is 10.3.